The normalized spacial score (nSPS) is 18.8. The SMILES string of the molecule is CC(=O)N1CCN(C(=O)c2cc(C(=O)N3CCC(C)CC3)ccn2)CC1. The van der Waals surface area contributed by atoms with Gasteiger partial charge in [0, 0.05) is 58.0 Å². The summed E-state index contributed by atoms with van der Waals surface area (Å²) in [5, 5.41) is 0. The Morgan fingerprint density at radius 3 is 2.12 bits per heavy atom. The van der Waals surface area contributed by atoms with Crippen LogP contribution in [0.25, 0.3) is 0 Å². The number of likely N-dealkylation sites (tertiary alicyclic amines) is 1. The molecule has 2 saturated heterocycles. The summed E-state index contributed by atoms with van der Waals surface area (Å²) in [6, 6.07) is 3.27. The van der Waals surface area contributed by atoms with Crippen molar-refractivity contribution >= 4 is 17.7 Å². The van der Waals surface area contributed by atoms with E-state index < -0.39 is 0 Å². The van der Waals surface area contributed by atoms with Crippen LogP contribution >= 0.6 is 0 Å². The number of pyridine rings is 1. The van der Waals surface area contributed by atoms with Crippen LogP contribution in [-0.2, 0) is 4.79 Å². The van der Waals surface area contributed by atoms with Gasteiger partial charge < -0.3 is 14.7 Å². The van der Waals surface area contributed by atoms with E-state index in [1.807, 2.05) is 4.90 Å². The molecule has 3 heterocycles. The van der Waals surface area contributed by atoms with Crippen molar-refractivity contribution in [2.45, 2.75) is 26.7 Å². The zero-order chi connectivity index (χ0) is 18.7. The van der Waals surface area contributed by atoms with E-state index in [0.717, 1.165) is 25.9 Å². The van der Waals surface area contributed by atoms with Crippen molar-refractivity contribution in [3.05, 3.63) is 29.6 Å². The van der Waals surface area contributed by atoms with E-state index in [2.05, 4.69) is 11.9 Å². The number of piperazine rings is 1. The van der Waals surface area contributed by atoms with Crippen molar-refractivity contribution in [1.29, 1.82) is 0 Å². The first-order valence-electron chi connectivity index (χ1n) is 9.26. The van der Waals surface area contributed by atoms with Crippen molar-refractivity contribution in [2.24, 2.45) is 5.92 Å². The van der Waals surface area contributed by atoms with Crippen LogP contribution in [-0.4, -0.2) is 76.7 Å². The highest BCUT2D eigenvalue weighted by Gasteiger charge is 2.26. The third-order valence-electron chi connectivity index (χ3n) is 5.31. The highest BCUT2D eigenvalue weighted by Crippen LogP contribution is 2.18. The number of carbonyl (C=O) groups excluding carboxylic acids is 3. The number of hydrogen-bond donors (Lipinski definition) is 0. The molecule has 2 aliphatic heterocycles. The average Bonchev–Trinajstić information content (AvgIpc) is 2.67. The van der Waals surface area contributed by atoms with Crippen LogP contribution in [0.5, 0.6) is 0 Å². The molecule has 0 spiro atoms. The van der Waals surface area contributed by atoms with Crippen molar-refractivity contribution in [2.75, 3.05) is 39.3 Å². The second kappa shape index (κ2) is 7.85. The molecule has 1 aromatic rings. The molecule has 2 fully saturated rings. The molecule has 140 valence electrons. The molecule has 0 bridgehead atoms. The lowest BCUT2D eigenvalue weighted by Crippen LogP contribution is -2.50. The highest BCUT2D eigenvalue weighted by atomic mass is 16.2. The zero-order valence-electron chi connectivity index (χ0n) is 15.5. The van der Waals surface area contributed by atoms with Gasteiger partial charge in [-0.3, -0.25) is 19.4 Å². The molecule has 0 aliphatic carbocycles. The molecule has 3 rings (SSSR count). The van der Waals surface area contributed by atoms with E-state index in [0.29, 0.717) is 37.7 Å². The molecule has 3 amide bonds. The van der Waals surface area contributed by atoms with Gasteiger partial charge in [0.15, 0.2) is 0 Å². The maximum Gasteiger partial charge on any atom is 0.272 e. The number of rotatable bonds is 2. The summed E-state index contributed by atoms with van der Waals surface area (Å²) in [7, 11) is 0. The van der Waals surface area contributed by atoms with E-state index in [1.165, 1.54) is 13.1 Å². The summed E-state index contributed by atoms with van der Waals surface area (Å²) in [5.74, 6) is 0.464. The molecular formula is C19H26N4O3. The van der Waals surface area contributed by atoms with Crippen LogP contribution in [0.1, 0.15) is 47.5 Å². The Kier molecular flexibility index (Phi) is 5.54. The number of piperidine rings is 1. The fourth-order valence-corrected chi connectivity index (χ4v) is 3.46. The second-order valence-corrected chi connectivity index (χ2v) is 7.20. The van der Waals surface area contributed by atoms with Crippen LogP contribution in [0.4, 0.5) is 0 Å². The van der Waals surface area contributed by atoms with Gasteiger partial charge in [-0.25, -0.2) is 0 Å². The van der Waals surface area contributed by atoms with Gasteiger partial charge in [0.2, 0.25) is 5.91 Å². The van der Waals surface area contributed by atoms with E-state index in [1.54, 1.807) is 21.9 Å². The molecule has 7 heteroatoms. The Hall–Kier alpha value is -2.44. The van der Waals surface area contributed by atoms with Gasteiger partial charge in [0.05, 0.1) is 0 Å². The Bertz CT molecular complexity index is 690. The molecule has 0 radical (unpaired) electrons. The van der Waals surface area contributed by atoms with Crippen LogP contribution in [0.2, 0.25) is 0 Å². The Morgan fingerprint density at radius 2 is 1.50 bits per heavy atom. The van der Waals surface area contributed by atoms with Crippen molar-refractivity contribution in [3.63, 3.8) is 0 Å². The summed E-state index contributed by atoms with van der Waals surface area (Å²) < 4.78 is 0. The quantitative estimate of drug-likeness (QED) is 0.798. The third kappa shape index (κ3) is 4.03. The largest absolute Gasteiger partial charge is 0.339 e. The molecule has 0 unspecified atom stereocenters. The first kappa shape index (κ1) is 18.4. The topological polar surface area (TPSA) is 73.8 Å². The van der Waals surface area contributed by atoms with Gasteiger partial charge >= 0.3 is 0 Å². The van der Waals surface area contributed by atoms with Crippen LogP contribution in [0.3, 0.4) is 0 Å². The van der Waals surface area contributed by atoms with Crippen LogP contribution in [0, 0.1) is 5.92 Å². The van der Waals surface area contributed by atoms with E-state index in [-0.39, 0.29) is 23.4 Å². The van der Waals surface area contributed by atoms with E-state index in [9.17, 15) is 14.4 Å². The summed E-state index contributed by atoms with van der Waals surface area (Å²) >= 11 is 0. The van der Waals surface area contributed by atoms with Crippen LogP contribution in [0.15, 0.2) is 18.3 Å². The Morgan fingerprint density at radius 1 is 0.923 bits per heavy atom. The molecule has 0 aromatic carbocycles. The number of amides is 3. The molecule has 26 heavy (non-hydrogen) atoms. The molecule has 0 saturated carbocycles. The lowest BCUT2D eigenvalue weighted by Gasteiger charge is -2.34. The molecular weight excluding hydrogens is 332 g/mol. The first-order chi connectivity index (χ1) is 12.5. The summed E-state index contributed by atoms with van der Waals surface area (Å²) in [6.07, 6.45) is 3.56. The maximum atomic E-state index is 12.7. The van der Waals surface area contributed by atoms with Crippen molar-refractivity contribution < 1.29 is 14.4 Å². The van der Waals surface area contributed by atoms with E-state index >= 15 is 0 Å². The molecule has 0 N–H and O–H groups in total. The summed E-state index contributed by atoms with van der Waals surface area (Å²) in [6.45, 7) is 7.31. The smallest absolute Gasteiger partial charge is 0.272 e. The fourth-order valence-electron chi connectivity index (χ4n) is 3.46. The van der Waals surface area contributed by atoms with Crippen molar-refractivity contribution in [1.82, 2.24) is 19.7 Å². The van der Waals surface area contributed by atoms with Gasteiger partial charge in [0.1, 0.15) is 5.69 Å². The number of carbonyl (C=O) groups is 3. The van der Waals surface area contributed by atoms with E-state index in [4.69, 9.17) is 0 Å². The minimum Gasteiger partial charge on any atom is -0.339 e. The number of hydrogen-bond acceptors (Lipinski definition) is 4. The lowest BCUT2D eigenvalue weighted by atomic mass is 9.98. The lowest BCUT2D eigenvalue weighted by molar-refractivity contribution is -0.130. The third-order valence-corrected chi connectivity index (χ3v) is 5.31. The van der Waals surface area contributed by atoms with Gasteiger partial charge in [-0.2, -0.15) is 0 Å². The maximum absolute atomic E-state index is 12.7. The molecule has 2 aliphatic rings. The van der Waals surface area contributed by atoms with Gasteiger partial charge in [0.25, 0.3) is 11.8 Å². The fraction of sp³-hybridized carbons (Fsp3) is 0.579. The molecule has 1 aromatic heterocycles. The highest BCUT2D eigenvalue weighted by molar-refractivity contribution is 5.98. The second-order valence-electron chi connectivity index (χ2n) is 7.20. The Balaban J connectivity index is 1.66. The monoisotopic (exact) mass is 358 g/mol. The molecule has 7 nitrogen and oxygen atoms in total. The predicted molar refractivity (Wildman–Crippen MR) is 96.7 cm³/mol. The minimum absolute atomic E-state index is 0.0265. The predicted octanol–water partition coefficient (Wildman–Crippen LogP) is 1.26. The Labute approximate surface area is 154 Å². The van der Waals surface area contributed by atoms with Gasteiger partial charge in [-0.05, 0) is 30.9 Å². The zero-order valence-corrected chi connectivity index (χ0v) is 15.5. The van der Waals surface area contributed by atoms with Gasteiger partial charge in [-0.15, -0.1) is 0 Å². The van der Waals surface area contributed by atoms with Gasteiger partial charge in [-0.1, -0.05) is 6.92 Å². The average molecular weight is 358 g/mol. The van der Waals surface area contributed by atoms with Crippen LogP contribution < -0.4 is 0 Å². The molecule has 0 atom stereocenters. The first-order valence-corrected chi connectivity index (χ1v) is 9.26. The minimum atomic E-state index is -0.185. The summed E-state index contributed by atoms with van der Waals surface area (Å²) in [5.41, 5.74) is 0.803. The number of nitrogens with zero attached hydrogens (tertiary/aromatic N) is 4. The standard InChI is InChI=1S/C19H26N4O3/c1-14-4-7-22(8-5-14)18(25)16-3-6-20-17(13-16)19(26)23-11-9-21(10-12-23)15(2)24/h3,6,13-14H,4-5,7-12H2,1-2H3. The number of aromatic nitrogens is 1. The summed E-state index contributed by atoms with van der Waals surface area (Å²) in [4.78, 5) is 46.3. The van der Waals surface area contributed by atoms with Crippen molar-refractivity contribution in [3.8, 4) is 0 Å².